The Hall–Kier alpha value is -1.84. The van der Waals surface area contributed by atoms with Gasteiger partial charge in [0.15, 0.2) is 0 Å². The van der Waals surface area contributed by atoms with E-state index in [9.17, 15) is 4.79 Å². The van der Waals surface area contributed by atoms with Crippen LogP contribution in [0.1, 0.15) is 29.0 Å². The molecule has 16 heavy (non-hydrogen) atoms. The molecule has 0 saturated heterocycles. The number of aromatic nitrogens is 1. The minimum absolute atomic E-state index is 0.180. The third-order valence-electron chi connectivity index (χ3n) is 2.33. The van der Waals surface area contributed by atoms with E-state index in [-0.39, 0.29) is 5.91 Å². The highest BCUT2D eigenvalue weighted by atomic mass is 16.5. The van der Waals surface area contributed by atoms with Crippen LogP contribution in [0, 0.1) is 6.92 Å². The highest BCUT2D eigenvalue weighted by molar-refractivity contribution is 5.93. The van der Waals surface area contributed by atoms with Crippen molar-refractivity contribution in [1.82, 2.24) is 10.3 Å². The van der Waals surface area contributed by atoms with Crippen molar-refractivity contribution in [3.63, 3.8) is 0 Å². The van der Waals surface area contributed by atoms with E-state index < -0.39 is 0 Å². The summed E-state index contributed by atoms with van der Waals surface area (Å²) in [5, 5.41) is 2.80. The topological polar surface area (TPSA) is 51.2 Å². The van der Waals surface area contributed by atoms with Gasteiger partial charge in [-0.05, 0) is 31.9 Å². The lowest BCUT2D eigenvalue weighted by molar-refractivity contribution is 0.0953. The molecule has 4 heteroatoms. The number of amides is 1. The van der Waals surface area contributed by atoms with Gasteiger partial charge in [-0.1, -0.05) is 6.07 Å². The van der Waals surface area contributed by atoms with Crippen LogP contribution in [0.25, 0.3) is 0 Å². The second-order valence-corrected chi connectivity index (χ2v) is 3.74. The first-order valence-corrected chi connectivity index (χ1v) is 5.31. The van der Waals surface area contributed by atoms with Crippen LogP contribution >= 0.6 is 0 Å². The number of hydrogen-bond acceptors (Lipinski definition) is 3. The van der Waals surface area contributed by atoms with Gasteiger partial charge >= 0.3 is 0 Å². The molecule has 2 heterocycles. The third-order valence-corrected chi connectivity index (χ3v) is 2.33. The molecular formula is C12H14N2O2. The van der Waals surface area contributed by atoms with Gasteiger partial charge in [0.1, 0.15) is 12.0 Å². The summed E-state index contributed by atoms with van der Waals surface area (Å²) in [6.07, 6.45) is 3.39. The molecule has 1 amide bonds. The summed E-state index contributed by atoms with van der Waals surface area (Å²) in [6.45, 7) is 2.59. The predicted octanol–water partition coefficient (Wildman–Crippen LogP) is 1.77. The number of rotatable bonds is 2. The summed E-state index contributed by atoms with van der Waals surface area (Å²) in [7, 11) is 0. The predicted molar refractivity (Wildman–Crippen MR) is 59.7 cm³/mol. The van der Waals surface area contributed by atoms with E-state index in [1.807, 2.05) is 19.1 Å². The van der Waals surface area contributed by atoms with Crippen molar-refractivity contribution >= 4 is 5.91 Å². The maximum Gasteiger partial charge on any atom is 0.274 e. The van der Waals surface area contributed by atoms with Gasteiger partial charge in [0.05, 0.1) is 12.3 Å². The molecule has 0 fully saturated rings. The largest absolute Gasteiger partial charge is 0.499 e. The van der Waals surface area contributed by atoms with Crippen molar-refractivity contribution < 1.29 is 9.53 Å². The molecule has 0 bridgehead atoms. The number of hydrogen-bond donors (Lipinski definition) is 1. The van der Waals surface area contributed by atoms with Gasteiger partial charge in [-0.2, -0.15) is 0 Å². The lowest BCUT2D eigenvalue weighted by Gasteiger charge is -2.14. The Morgan fingerprint density at radius 3 is 3.06 bits per heavy atom. The zero-order valence-electron chi connectivity index (χ0n) is 9.19. The molecule has 0 atom stereocenters. The molecule has 1 aliphatic heterocycles. The van der Waals surface area contributed by atoms with Crippen LogP contribution in [0.4, 0.5) is 0 Å². The Kier molecular flexibility index (Phi) is 3.19. The first-order chi connectivity index (χ1) is 7.75. The van der Waals surface area contributed by atoms with Crippen molar-refractivity contribution in [2.45, 2.75) is 19.8 Å². The number of ether oxygens (including phenoxy) is 1. The molecule has 1 N–H and O–H groups in total. The summed E-state index contributed by atoms with van der Waals surface area (Å²) < 4.78 is 5.15. The molecule has 0 spiro atoms. The molecule has 4 nitrogen and oxygen atoms in total. The Balaban J connectivity index is 2.05. The molecule has 1 aromatic heterocycles. The van der Waals surface area contributed by atoms with E-state index in [4.69, 9.17) is 4.74 Å². The summed E-state index contributed by atoms with van der Waals surface area (Å²) in [5.41, 5.74) is 2.09. The second-order valence-electron chi connectivity index (χ2n) is 3.74. The zero-order chi connectivity index (χ0) is 11.4. The van der Waals surface area contributed by atoms with Crippen molar-refractivity contribution in [3.8, 4) is 0 Å². The molecular weight excluding hydrogens is 204 g/mol. The fourth-order valence-electron chi connectivity index (χ4n) is 1.54. The summed E-state index contributed by atoms with van der Waals surface area (Å²) >= 11 is 0. The molecule has 0 unspecified atom stereocenters. The summed E-state index contributed by atoms with van der Waals surface area (Å²) in [6, 6.07) is 5.38. The van der Waals surface area contributed by atoms with E-state index in [2.05, 4.69) is 10.3 Å². The monoisotopic (exact) mass is 218 g/mol. The van der Waals surface area contributed by atoms with Gasteiger partial charge < -0.3 is 10.1 Å². The average molecular weight is 218 g/mol. The van der Waals surface area contributed by atoms with Gasteiger partial charge in [-0.3, -0.25) is 4.79 Å². The molecule has 2 rings (SSSR count). The van der Waals surface area contributed by atoms with Crippen molar-refractivity contribution in [2.24, 2.45) is 0 Å². The van der Waals surface area contributed by atoms with Gasteiger partial charge in [0, 0.05) is 5.69 Å². The maximum atomic E-state index is 11.8. The lowest BCUT2D eigenvalue weighted by atomic mass is 10.2. The normalized spacial score (nSPS) is 14.9. The number of carbonyl (C=O) groups excluding carboxylic acids is 1. The average Bonchev–Trinajstić information content (AvgIpc) is 2.30. The molecule has 1 aromatic rings. The quantitative estimate of drug-likeness (QED) is 0.823. The smallest absolute Gasteiger partial charge is 0.274 e. The number of carbonyl (C=O) groups is 1. The highest BCUT2D eigenvalue weighted by Gasteiger charge is 2.11. The first-order valence-electron chi connectivity index (χ1n) is 5.31. The number of pyridine rings is 1. The minimum Gasteiger partial charge on any atom is -0.499 e. The minimum atomic E-state index is -0.180. The van der Waals surface area contributed by atoms with Crippen LogP contribution in [0.5, 0.6) is 0 Å². The number of nitrogens with zero attached hydrogens (tertiary/aromatic N) is 1. The van der Waals surface area contributed by atoms with Crippen molar-refractivity contribution in [3.05, 3.63) is 41.5 Å². The first kappa shape index (κ1) is 10.7. The van der Waals surface area contributed by atoms with Crippen LogP contribution in [0.15, 0.2) is 30.2 Å². The highest BCUT2D eigenvalue weighted by Crippen LogP contribution is 2.09. The van der Waals surface area contributed by atoms with Crippen LogP contribution in [0.3, 0.4) is 0 Å². The van der Waals surface area contributed by atoms with Gasteiger partial charge in [-0.15, -0.1) is 0 Å². The molecule has 0 aliphatic carbocycles. The van der Waals surface area contributed by atoms with Gasteiger partial charge in [0.25, 0.3) is 5.91 Å². The number of allylic oxidation sites excluding steroid dienone is 1. The SMILES string of the molecule is Cc1cccc(C(=O)NC2=COCCC2)n1. The Morgan fingerprint density at radius 2 is 2.38 bits per heavy atom. The summed E-state index contributed by atoms with van der Waals surface area (Å²) in [4.78, 5) is 16.0. The molecule has 84 valence electrons. The maximum absolute atomic E-state index is 11.8. The Morgan fingerprint density at radius 1 is 1.50 bits per heavy atom. The van der Waals surface area contributed by atoms with Crippen molar-refractivity contribution in [1.29, 1.82) is 0 Å². The third kappa shape index (κ3) is 2.59. The van der Waals surface area contributed by atoms with Gasteiger partial charge in [-0.25, -0.2) is 4.98 Å². The van der Waals surface area contributed by atoms with Crippen LogP contribution in [-0.2, 0) is 4.74 Å². The van der Waals surface area contributed by atoms with E-state index in [1.54, 1.807) is 12.3 Å². The lowest BCUT2D eigenvalue weighted by Crippen LogP contribution is -2.25. The number of aryl methyl sites for hydroxylation is 1. The Bertz CT molecular complexity index is 427. The summed E-state index contributed by atoms with van der Waals surface area (Å²) in [5.74, 6) is -0.180. The molecule has 1 aliphatic rings. The molecule has 0 aromatic carbocycles. The van der Waals surface area contributed by atoms with Crippen LogP contribution in [-0.4, -0.2) is 17.5 Å². The van der Waals surface area contributed by atoms with Gasteiger partial charge in [0.2, 0.25) is 0 Å². The zero-order valence-corrected chi connectivity index (χ0v) is 9.19. The second kappa shape index (κ2) is 4.79. The van der Waals surface area contributed by atoms with E-state index in [0.717, 1.165) is 30.8 Å². The fraction of sp³-hybridized carbons (Fsp3) is 0.333. The molecule has 0 saturated carbocycles. The van der Waals surface area contributed by atoms with E-state index in [1.165, 1.54) is 0 Å². The van der Waals surface area contributed by atoms with E-state index in [0.29, 0.717) is 5.69 Å². The van der Waals surface area contributed by atoms with Crippen molar-refractivity contribution in [2.75, 3.05) is 6.61 Å². The van der Waals surface area contributed by atoms with Crippen LogP contribution < -0.4 is 5.32 Å². The molecule has 0 radical (unpaired) electrons. The standard InChI is InChI=1S/C12H14N2O2/c1-9-4-2-6-11(13-9)12(15)14-10-5-3-7-16-8-10/h2,4,6,8H,3,5,7H2,1H3,(H,14,15). The number of nitrogens with one attached hydrogen (secondary N) is 1. The van der Waals surface area contributed by atoms with Crippen LogP contribution in [0.2, 0.25) is 0 Å². The van der Waals surface area contributed by atoms with E-state index >= 15 is 0 Å². The Labute approximate surface area is 94.3 Å². The fourth-order valence-corrected chi connectivity index (χ4v) is 1.54.